The fourth-order valence-electron chi connectivity index (χ4n) is 2.44. The van der Waals surface area contributed by atoms with Crippen LogP contribution in [0.1, 0.15) is 28.4 Å². The second-order valence-electron chi connectivity index (χ2n) is 6.02. The number of carbonyl (C=O) groups excluding carboxylic acids is 1. The fraction of sp³-hybridized carbons (Fsp3) is 0.286. The minimum atomic E-state index is -0.132. The van der Waals surface area contributed by atoms with Gasteiger partial charge in [-0.05, 0) is 56.2 Å². The molecule has 4 heteroatoms. The first-order chi connectivity index (χ1) is 12.0. The highest BCUT2D eigenvalue weighted by atomic mass is 16.5. The number of nitrogens with one attached hydrogen (secondary N) is 1. The quantitative estimate of drug-likeness (QED) is 0.741. The molecular weight excluding hydrogens is 314 g/mol. The summed E-state index contributed by atoms with van der Waals surface area (Å²) in [4.78, 5) is 12.4. The van der Waals surface area contributed by atoms with Gasteiger partial charge >= 0.3 is 0 Å². The SMILES string of the molecule is C=CCc1cc(C(=O)N[C@H](C)COc2ccc(C)cc2)ccc1OC. The Kier molecular flexibility index (Phi) is 6.63. The molecule has 1 amide bonds. The average Bonchev–Trinajstić information content (AvgIpc) is 2.61. The van der Waals surface area contributed by atoms with Crippen molar-refractivity contribution >= 4 is 5.91 Å². The molecule has 0 aromatic heterocycles. The monoisotopic (exact) mass is 339 g/mol. The van der Waals surface area contributed by atoms with E-state index in [4.69, 9.17) is 9.47 Å². The molecule has 0 aliphatic heterocycles. The zero-order valence-electron chi connectivity index (χ0n) is 15.0. The summed E-state index contributed by atoms with van der Waals surface area (Å²) < 4.78 is 11.0. The zero-order valence-corrected chi connectivity index (χ0v) is 15.0. The van der Waals surface area contributed by atoms with Crippen molar-refractivity contribution in [3.05, 3.63) is 71.8 Å². The summed E-state index contributed by atoms with van der Waals surface area (Å²) in [6.45, 7) is 8.09. The number of carbonyl (C=O) groups is 1. The van der Waals surface area contributed by atoms with Crippen LogP contribution in [0.3, 0.4) is 0 Å². The first-order valence-electron chi connectivity index (χ1n) is 8.31. The topological polar surface area (TPSA) is 47.6 Å². The van der Waals surface area contributed by atoms with Crippen LogP contribution in [-0.2, 0) is 6.42 Å². The van der Waals surface area contributed by atoms with Gasteiger partial charge < -0.3 is 14.8 Å². The van der Waals surface area contributed by atoms with Crippen LogP contribution in [0.15, 0.2) is 55.1 Å². The predicted octanol–water partition coefficient (Wildman–Crippen LogP) is 3.93. The first-order valence-corrected chi connectivity index (χ1v) is 8.31. The molecule has 1 N–H and O–H groups in total. The Morgan fingerprint density at radius 1 is 1.24 bits per heavy atom. The summed E-state index contributed by atoms with van der Waals surface area (Å²) in [5.74, 6) is 1.42. The molecule has 132 valence electrons. The van der Waals surface area contributed by atoms with E-state index in [0.29, 0.717) is 18.6 Å². The van der Waals surface area contributed by atoms with Crippen LogP contribution in [0, 0.1) is 6.92 Å². The lowest BCUT2D eigenvalue weighted by molar-refractivity contribution is 0.0926. The smallest absolute Gasteiger partial charge is 0.251 e. The van der Waals surface area contributed by atoms with Crippen LogP contribution in [0.4, 0.5) is 0 Å². The number of benzene rings is 2. The molecule has 0 heterocycles. The van der Waals surface area contributed by atoms with Gasteiger partial charge in [-0.1, -0.05) is 23.8 Å². The van der Waals surface area contributed by atoms with Gasteiger partial charge in [-0.15, -0.1) is 6.58 Å². The Morgan fingerprint density at radius 2 is 1.96 bits per heavy atom. The molecule has 2 aromatic carbocycles. The lowest BCUT2D eigenvalue weighted by atomic mass is 10.1. The van der Waals surface area contributed by atoms with Crippen LogP contribution in [0.2, 0.25) is 0 Å². The summed E-state index contributed by atoms with van der Waals surface area (Å²) in [7, 11) is 1.62. The maximum absolute atomic E-state index is 12.4. The van der Waals surface area contributed by atoms with Gasteiger partial charge in [0.05, 0.1) is 13.2 Å². The average molecular weight is 339 g/mol. The van der Waals surface area contributed by atoms with Crippen LogP contribution in [0.5, 0.6) is 11.5 Å². The predicted molar refractivity (Wildman–Crippen MR) is 100 cm³/mol. The number of methoxy groups -OCH3 is 1. The number of aryl methyl sites for hydroxylation is 1. The second kappa shape index (κ2) is 8.92. The van der Waals surface area contributed by atoms with Gasteiger partial charge in [0, 0.05) is 5.56 Å². The van der Waals surface area contributed by atoms with Gasteiger partial charge in [-0.25, -0.2) is 0 Å². The molecule has 25 heavy (non-hydrogen) atoms. The Morgan fingerprint density at radius 3 is 2.60 bits per heavy atom. The molecule has 0 spiro atoms. The van der Waals surface area contributed by atoms with E-state index in [0.717, 1.165) is 17.1 Å². The highest BCUT2D eigenvalue weighted by Crippen LogP contribution is 2.21. The molecule has 0 bridgehead atoms. The van der Waals surface area contributed by atoms with Crippen molar-refractivity contribution in [2.45, 2.75) is 26.3 Å². The second-order valence-corrected chi connectivity index (χ2v) is 6.02. The Labute approximate surface area is 149 Å². The zero-order chi connectivity index (χ0) is 18.2. The molecule has 0 aliphatic carbocycles. The van der Waals surface area contributed by atoms with E-state index >= 15 is 0 Å². The lowest BCUT2D eigenvalue weighted by Crippen LogP contribution is -2.36. The van der Waals surface area contributed by atoms with Crippen LogP contribution in [-0.4, -0.2) is 25.7 Å². The van der Waals surface area contributed by atoms with Crippen molar-refractivity contribution in [2.24, 2.45) is 0 Å². The van der Waals surface area contributed by atoms with Gasteiger partial charge in [0.15, 0.2) is 0 Å². The van der Waals surface area contributed by atoms with Gasteiger partial charge in [-0.3, -0.25) is 4.79 Å². The maximum Gasteiger partial charge on any atom is 0.251 e. The number of rotatable bonds is 8. The summed E-state index contributed by atoms with van der Waals surface area (Å²) in [6.07, 6.45) is 2.44. The van der Waals surface area contributed by atoms with E-state index < -0.39 is 0 Å². The molecular formula is C21H25NO3. The molecule has 4 nitrogen and oxygen atoms in total. The summed E-state index contributed by atoms with van der Waals surface area (Å²) in [5.41, 5.74) is 2.72. The molecule has 2 aromatic rings. The molecule has 0 aliphatic rings. The number of amides is 1. The van der Waals surface area contributed by atoms with E-state index in [1.165, 1.54) is 5.56 Å². The third kappa shape index (κ3) is 5.38. The largest absolute Gasteiger partial charge is 0.496 e. The first kappa shape index (κ1) is 18.6. The summed E-state index contributed by atoms with van der Waals surface area (Å²) >= 11 is 0. The van der Waals surface area contributed by atoms with Crippen molar-refractivity contribution in [3.63, 3.8) is 0 Å². The number of ether oxygens (including phenoxy) is 2. The van der Waals surface area contributed by atoms with Crippen LogP contribution >= 0.6 is 0 Å². The highest BCUT2D eigenvalue weighted by Gasteiger charge is 2.13. The molecule has 1 atom stereocenters. The minimum absolute atomic E-state index is 0.112. The lowest BCUT2D eigenvalue weighted by Gasteiger charge is -2.16. The van der Waals surface area contributed by atoms with E-state index in [1.807, 2.05) is 44.2 Å². The van der Waals surface area contributed by atoms with Gasteiger partial charge in [0.2, 0.25) is 0 Å². The van der Waals surface area contributed by atoms with Crippen molar-refractivity contribution in [3.8, 4) is 11.5 Å². The minimum Gasteiger partial charge on any atom is -0.496 e. The summed E-state index contributed by atoms with van der Waals surface area (Å²) in [5, 5.41) is 2.95. The standard InChI is InChI=1S/C21H25NO3/c1-5-6-17-13-18(9-12-20(17)24-4)21(23)22-16(3)14-25-19-10-7-15(2)8-11-19/h5,7-13,16H,1,6,14H2,2-4H3,(H,22,23)/t16-/m1/s1. The molecule has 0 saturated carbocycles. The third-order valence-electron chi connectivity index (χ3n) is 3.81. The van der Waals surface area contributed by atoms with Gasteiger partial charge in [-0.2, -0.15) is 0 Å². The maximum atomic E-state index is 12.4. The summed E-state index contributed by atoms with van der Waals surface area (Å²) in [6, 6.07) is 13.1. The Bertz CT molecular complexity index is 722. The van der Waals surface area contributed by atoms with E-state index in [1.54, 1.807) is 25.3 Å². The van der Waals surface area contributed by atoms with Crippen molar-refractivity contribution in [1.29, 1.82) is 0 Å². The van der Waals surface area contributed by atoms with Crippen molar-refractivity contribution in [1.82, 2.24) is 5.32 Å². The normalized spacial score (nSPS) is 11.5. The fourth-order valence-corrected chi connectivity index (χ4v) is 2.44. The highest BCUT2D eigenvalue weighted by molar-refractivity contribution is 5.94. The van der Waals surface area contributed by atoms with Crippen molar-refractivity contribution in [2.75, 3.05) is 13.7 Å². The van der Waals surface area contributed by atoms with E-state index in [-0.39, 0.29) is 11.9 Å². The van der Waals surface area contributed by atoms with E-state index in [9.17, 15) is 4.79 Å². The molecule has 2 rings (SSSR count). The Hall–Kier alpha value is -2.75. The number of hydrogen-bond acceptors (Lipinski definition) is 3. The Balaban J connectivity index is 1.95. The third-order valence-corrected chi connectivity index (χ3v) is 3.81. The molecule has 0 saturated heterocycles. The van der Waals surface area contributed by atoms with Crippen molar-refractivity contribution < 1.29 is 14.3 Å². The van der Waals surface area contributed by atoms with Crippen LogP contribution in [0.25, 0.3) is 0 Å². The number of hydrogen-bond donors (Lipinski definition) is 1. The van der Waals surface area contributed by atoms with E-state index in [2.05, 4.69) is 11.9 Å². The number of allylic oxidation sites excluding steroid dienone is 1. The molecule has 0 unspecified atom stereocenters. The van der Waals surface area contributed by atoms with Gasteiger partial charge in [0.1, 0.15) is 18.1 Å². The molecule has 0 radical (unpaired) electrons. The van der Waals surface area contributed by atoms with Crippen LogP contribution < -0.4 is 14.8 Å². The van der Waals surface area contributed by atoms with Gasteiger partial charge in [0.25, 0.3) is 5.91 Å². The molecule has 0 fully saturated rings.